The van der Waals surface area contributed by atoms with E-state index in [1.165, 1.54) is 5.69 Å². The second-order valence-corrected chi connectivity index (χ2v) is 4.39. The van der Waals surface area contributed by atoms with Gasteiger partial charge in [-0.15, -0.1) is 0 Å². The van der Waals surface area contributed by atoms with E-state index < -0.39 is 0 Å². The van der Waals surface area contributed by atoms with Crippen molar-refractivity contribution in [1.82, 2.24) is 15.2 Å². The van der Waals surface area contributed by atoms with Crippen LogP contribution < -0.4 is 10.6 Å². The van der Waals surface area contributed by atoms with E-state index in [-0.39, 0.29) is 11.9 Å². The minimum absolute atomic E-state index is 0.0152. The molecule has 1 aliphatic rings. The number of aryl methyl sites for hydroxylation is 1. The van der Waals surface area contributed by atoms with Crippen molar-refractivity contribution in [3.8, 4) is 0 Å². The highest BCUT2D eigenvalue weighted by Gasteiger charge is 2.21. The molecule has 0 saturated carbocycles. The maximum Gasteiger partial charge on any atom is 0.237 e. The standard InChI is InChI=1S/C12H19N3O/c1-9-5-6-10(15(9)2)8-14-12(16)11-4-3-7-13-11/h5-6,11,13H,3-4,7-8H2,1-2H3,(H,14,16). The zero-order chi connectivity index (χ0) is 11.5. The van der Waals surface area contributed by atoms with Gasteiger partial charge in [0.2, 0.25) is 5.91 Å². The summed E-state index contributed by atoms with van der Waals surface area (Å²) in [5.41, 5.74) is 2.35. The van der Waals surface area contributed by atoms with Crippen LogP contribution in [0.15, 0.2) is 12.1 Å². The molecule has 1 aromatic rings. The van der Waals surface area contributed by atoms with Gasteiger partial charge >= 0.3 is 0 Å². The Balaban J connectivity index is 1.87. The van der Waals surface area contributed by atoms with Crippen molar-refractivity contribution in [2.45, 2.75) is 32.4 Å². The number of hydrogen-bond acceptors (Lipinski definition) is 2. The third-order valence-corrected chi connectivity index (χ3v) is 3.30. The van der Waals surface area contributed by atoms with Crippen LogP contribution in [0, 0.1) is 6.92 Å². The van der Waals surface area contributed by atoms with Crippen LogP contribution in [0.4, 0.5) is 0 Å². The molecule has 1 saturated heterocycles. The molecule has 2 heterocycles. The number of nitrogens with one attached hydrogen (secondary N) is 2. The predicted octanol–water partition coefficient (Wildman–Crippen LogP) is 0.702. The Hall–Kier alpha value is -1.29. The topological polar surface area (TPSA) is 46.1 Å². The summed E-state index contributed by atoms with van der Waals surface area (Å²) in [6.07, 6.45) is 2.05. The van der Waals surface area contributed by atoms with Crippen LogP contribution in [-0.4, -0.2) is 23.1 Å². The third kappa shape index (κ3) is 2.27. The van der Waals surface area contributed by atoms with Crippen LogP contribution in [0.25, 0.3) is 0 Å². The highest BCUT2D eigenvalue weighted by atomic mass is 16.2. The molecule has 1 fully saturated rings. The number of carbonyl (C=O) groups excluding carboxylic acids is 1. The highest BCUT2D eigenvalue weighted by Crippen LogP contribution is 2.07. The molecule has 0 bridgehead atoms. The summed E-state index contributed by atoms with van der Waals surface area (Å²) in [6, 6.07) is 4.13. The van der Waals surface area contributed by atoms with Crippen molar-refractivity contribution in [2.75, 3.05) is 6.54 Å². The van der Waals surface area contributed by atoms with Crippen molar-refractivity contribution in [2.24, 2.45) is 7.05 Å². The average Bonchev–Trinajstić information content (AvgIpc) is 2.89. The van der Waals surface area contributed by atoms with Crippen molar-refractivity contribution >= 4 is 5.91 Å². The second kappa shape index (κ2) is 4.70. The van der Waals surface area contributed by atoms with Gasteiger partial charge in [0.25, 0.3) is 0 Å². The summed E-state index contributed by atoms with van der Waals surface area (Å²) >= 11 is 0. The maximum atomic E-state index is 11.8. The first-order valence-corrected chi connectivity index (χ1v) is 5.81. The minimum atomic E-state index is 0.0152. The molecule has 2 rings (SSSR count). The Morgan fingerprint density at radius 3 is 3.00 bits per heavy atom. The fourth-order valence-corrected chi connectivity index (χ4v) is 2.05. The van der Waals surface area contributed by atoms with Crippen LogP contribution >= 0.6 is 0 Å². The molecule has 0 aliphatic carbocycles. The zero-order valence-electron chi connectivity index (χ0n) is 9.92. The first-order valence-electron chi connectivity index (χ1n) is 5.81. The number of nitrogens with zero attached hydrogens (tertiary/aromatic N) is 1. The van der Waals surface area contributed by atoms with E-state index in [1.807, 2.05) is 7.05 Å². The van der Waals surface area contributed by atoms with Gasteiger partial charge in [0, 0.05) is 18.4 Å². The molecular weight excluding hydrogens is 202 g/mol. The fraction of sp³-hybridized carbons (Fsp3) is 0.583. The lowest BCUT2D eigenvalue weighted by molar-refractivity contribution is -0.122. The van der Waals surface area contributed by atoms with Crippen LogP contribution in [0.3, 0.4) is 0 Å². The molecule has 1 amide bonds. The predicted molar refractivity (Wildman–Crippen MR) is 63.0 cm³/mol. The van der Waals surface area contributed by atoms with Gasteiger partial charge in [0.1, 0.15) is 0 Å². The van der Waals surface area contributed by atoms with E-state index in [0.717, 1.165) is 25.1 Å². The van der Waals surface area contributed by atoms with E-state index >= 15 is 0 Å². The van der Waals surface area contributed by atoms with Crippen molar-refractivity contribution in [1.29, 1.82) is 0 Å². The van der Waals surface area contributed by atoms with E-state index in [9.17, 15) is 4.79 Å². The Morgan fingerprint density at radius 1 is 1.62 bits per heavy atom. The van der Waals surface area contributed by atoms with Gasteiger partial charge in [0.05, 0.1) is 12.6 Å². The lowest BCUT2D eigenvalue weighted by atomic mass is 10.2. The Kier molecular flexibility index (Phi) is 3.29. The molecule has 1 aliphatic heterocycles. The average molecular weight is 221 g/mol. The SMILES string of the molecule is Cc1ccc(CNC(=O)C2CCCN2)n1C. The molecule has 1 unspecified atom stereocenters. The first kappa shape index (κ1) is 11.2. The van der Waals surface area contributed by atoms with Crippen molar-refractivity contribution in [3.05, 3.63) is 23.5 Å². The number of aromatic nitrogens is 1. The fourth-order valence-electron chi connectivity index (χ4n) is 2.05. The molecule has 4 heteroatoms. The number of carbonyl (C=O) groups is 1. The largest absolute Gasteiger partial charge is 0.350 e. The molecule has 88 valence electrons. The molecule has 2 N–H and O–H groups in total. The monoisotopic (exact) mass is 221 g/mol. The van der Waals surface area contributed by atoms with Gasteiger partial charge in [-0.05, 0) is 38.4 Å². The molecule has 16 heavy (non-hydrogen) atoms. The highest BCUT2D eigenvalue weighted by molar-refractivity contribution is 5.81. The Morgan fingerprint density at radius 2 is 2.44 bits per heavy atom. The third-order valence-electron chi connectivity index (χ3n) is 3.30. The molecular formula is C12H19N3O. The van der Waals surface area contributed by atoms with E-state index in [2.05, 4.69) is 34.3 Å². The van der Waals surface area contributed by atoms with Gasteiger partial charge in [0.15, 0.2) is 0 Å². The van der Waals surface area contributed by atoms with E-state index in [1.54, 1.807) is 0 Å². The van der Waals surface area contributed by atoms with Crippen LogP contribution in [0.5, 0.6) is 0 Å². The molecule has 0 aromatic carbocycles. The summed E-state index contributed by atoms with van der Waals surface area (Å²) in [6.45, 7) is 3.63. The number of hydrogen-bond donors (Lipinski definition) is 2. The lowest BCUT2D eigenvalue weighted by Gasteiger charge is -2.11. The molecule has 1 aromatic heterocycles. The van der Waals surface area contributed by atoms with Gasteiger partial charge in [-0.2, -0.15) is 0 Å². The molecule has 4 nitrogen and oxygen atoms in total. The Labute approximate surface area is 96.0 Å². The number of amides is 1. The summed E-state index contributed by atoms with van der Waals surface area (Å²) in [5, 5.41) is 6.17. The van der Waals surface area contributed by atoms with Gasteiger partial charge in [-0.25, -0.2) is 0 Å². The normalized spacial score (nSPS) is 20.0. The molecule has 0 radical (unpaired) electrons. The van der Waals surface area contributed by atoms with E-state index in [0.29, 0.717) is 6.54 Å². The maximum absolute atomic E-state index is 11.8. The summed E-state index contributed by atoms with van der Waals surface area (Å²) in [4.78, 5) is 11.8. The molecule has 0 spiro atoms. The minimum Gasteiger partial charge on any atom is -0.350 e. The summed E-state index contributed by atoms with van der Waals surface area (Å²) in [5.74, 6) is 0.122. The Bertz CT molecular complexity index is 378. The van der Waals surface area contributed by atoms with Crippen LogP contribution in [0.2, 0.25) is 0 Å². The summed E-state index contributed by atoms with van der Waals surface area (Å²) in [7, 11) is 2.02. The molecule has 1 atom stereocenters. The van der Waals surface area contributed by atoms with Crippen LogP contribution in [-0.2, 0) is 18.4 Å². The zero-order valence-corrected chi connectivity index (χ0v) is 9.92. The van der Waals surface area contributed by atoms with E-state index in [4.69, 9.17) is 0 Å². The van der Waals surface area contributed by atoms with Crippen LogP contribution in [0.1, 0.15) is 24.2 Å². The van der Waals surface area contributed by atoms with Gasteiger partial charge < -0.3 is 15.2 Å². The smallest absolute Gasteiger partial charge is 0.237 e. The first-order chi connectivity index (χ1) is 7.68. The van der Waals surface area contributed by atoms with Crippen molar-refractivity contribution < 1.29 is 4.79 Å². The van der Waals surface area contributed by atoms with Gasteiger partial charge in [-0.1, -0.05) is 0 Å². The lowest BCUT2D eigenvalue weighted by Crippen LogP contribution is -2.40. The second-order valence-electron chi connectivity index (χ2n) is 4.39. The van der Waals surface area contributed by atoms with Crippen molar-refractivity contribution in [3.63, 3.8) is 0 Å². The summed E-state index contributed by atoms with van der Waals surface area (Å²) < 4.78 is 2.10. The number of rotatable bonds is 3. The van der Waals surface area contributed by atoms with Gasteiger partial charge in [-0.3, -0.25) is 4.79 Å². The quantitative estimate of drug-likeness (QED) is 0.789.